The van der Waals surface area contributed by atoms with Crippen molar-refractivity contribution in [1.29, 1.82) is 0 Å². The fraction of sp³-hybridized carbons (Fsp3) is 0.533. The smallest absolute Gasteiger partial charge is 0.372 e. The minimum absolute atomic E-state index is 0.248. The van der Waals surface area contributed by atoms with E-state index in [4.69, 9.17) is 0 Å². The van der Waals surface area contributed by atoms with Crippen molar-refractivity contribution in [3.63, 3.8) is 0 Å². The van der Waals surface area contributed by atoms with Crippen molar-refractivity contribution in [2.45, 2.75) is 33.4 Å². The van der Waals surface area contributed by atoms with E-state index in [0.29, 0.717) is 24.7 Å². The molecule has 1 rings (SSSR count). The van der Waals surface area contributed by atoms with Gasteiger partial charge in [-0.25, -0.2) is 0 Å². The third-order valence-corrected chi connectivity index (χ3v) is 3.45. The lowest BCUT2D eigenvalue weighted by atomic mass is 10.0. The molecule has 0 aliphatic heterocycles. The zero-order chi connectivity index (χ0) is 15.3. The molecule has 0 aromatic heterocycles. The van der Waals surface area contributed by atoms with Gasteiger partial charge in [-0.2, -0.15) is 13.2 Å². The first-order valence-electron chi connectivity index (χ1n) is 6.74. The van der Waals surface area contributed by atoms with Crippen LogP contribution >= 0.6 is 0 Å². The molecule has 1 aromatic carbocycles. The van der Waals surface area contributed by atoms with Crippen molar-refractivity contribution in [3.8, 4) is 0 Å². The molecule has 112 valence electrons. The Balaban J connectivity index is 3.15. The molecule has 0 heterocycles. The normalized spacial score (nSPS) is 13.1. The number of benzene rings is 1. The molecule has 0 saturated heterocycles. The van der Waals surface area contributed by atoms with Crippen molar-refractivity contribution in [2.75, 3.05) is 18.0 Å². The van der Waals surface area contributed by atoms with Gasteiger partial charge >= 0.3 is 6.18 Å². The summed E-state index contributed by atoms with van der Waals surface area (Å²) in [6.07, 6.45) is -3.30. The van der Waals surface area contributed by atoms with E-state index in [1.807, 2.05) is 11.8 Å². The molecule has 0 aliphatic carbocycles. The number of halogens is 3. The van der Waals surface area contributed by atoms with E-state index in [0.717, 1.165) is 12.5 Å². The van der Waals surface area contributed by atoms with E-state index in [1.54, 1.807) is 6.07 Å². The van der Waals surface area contributed by atoms with Crippen molar-refractivity contribution in [2.24, 2.45) is 5.92 Å². The fourth-order valence-electron chi connectivity index (χ4n) is 2.01. The van der Waals surface area contributed by atoms with Crippen LogP contribution in [-0.4, -0.2) is 19.4 Å². The molecule has 0 N–H and O–H groups in total. The van der Waals surface area contributed by atoms with Crippen molar-refractivity contribution >= 4 is 12.0 Å². The molecule has 1 atom stereocenters. The zero-order valence-corrected chi connectivity index (χ0v) is 12.0. The molecule has 5 heteroatoms. The van der Waals surface area contributed by atoms with Crippen LogP contribution in [0.5, 0.6) is 0 Å². The fourth-order valence-corrected chi connectivity index (χ4v) is 2.01. The van der Waals surface area contributed by atoms with E-state index in [1.165, 1.54) is 6.07 Å². The summed E-state index contributed by atoms with van der Waals surface area (Å²) < 4.78 is 38.8. The number of anilines is 1. The minimum Gasteiger partial charge on any atom is -0.372 e. The van der Waals surface area contributed by atoms with Crippen LogP contribution in [0.2, 0.25) is 0 Å². The van der Waals surface area contributed by atoms with Crippen molar-refractivity contribution in [3.05, 3.63) is 29.3 Å². The summed E-state index contributed by atoms with van der Waals surface area (Å²) in [7, 11) is 0. The monoisotopic (exact) mass is 287 g/mol. The largest absolute Gasteiger partial charge is 0.417 e. The Morgan fingerprint density at radius 2 is 1.95 bits per heavy atom. The van der Waals surface area contributed by atoms with Gasteiger partial charge in [0, 0.05) is 24.3 Å². The third-order valence-electron chi connectivity index (χ3n) is 3.45. The summed E-state index contributed by atoms with van der Waals surface area (Å²) in [5.41, 5.74) is -0.681. The van der Waals surface area contributed by atoms with Crippen LogP contribution in [0, 0.1) is 5.92 Å². The Labute approximate surface area is 117 Å². The van der Waals surface area contributed by atoms with Crippen molar-refractivity contribution < 1.29 is 18.0 Å². The summed E-state index contributed by atoms with van der Waals surface area (Å²) in [6.45, 7) is 7.35. The lowest BCUT2D eigenvalue weighted by molar-refractivity contribution is -0.137. The number of alkyl halides is 3. The maximum Gasteiger partial charge on any atom is 0.417 e. The maximum absolute atomic E-state index is 12.9. The molecule has 0 bridgehead atoms. The van der Waals surface area contributed by atoms with Crippen LogP contribution in [-0.2, 0) is 6.18 Å². The number of nitrogens with zero attached hydrogens (tertiary/aromatic N) is 1. The van der Waals surface area contributed by atoms with Crippen LogP contribution in [0.3, 0.4) is 0 Å². The summed E-state index contributed by atoms with van der Waals surface area (Å²) in [6, 6.07) is 3.88. The average Bonchev–Trinajstić information content (AvgIpc) is 2.42. The Hall–Kier alpha value is -1.52. The van der Waals surface area contributed by atoms with Gasteiger partial charge in [-0.15, -0.1) is 0 Å². The summed E-state index contributed by atoms with van der Waals surface area (Å²) in [5, 5.41) is 0. The molecule has 0 amide bonds. The predicted molar refractivity (Wildman–Crippen MR) is 74.2 cm³/mol. The molecule has 0 fully saturated rings. The van der Waals surface area contributed by atoms with Crippen LogP contribution in [0.25, 0.3) is 0 Å². The summed E-state index contributed by atoms with van der Waals surface area (Å²) in [5.74, 6) is 0.398. The molecule has 0 radical (unpaired) electrons. The quantitative estimate of drug-likeness (QED) is 0.723. The number of rotatable bonds is 6. The molecule has 0 saturated carbocycles. The van der Waals surface area contributed by atoms with Gasteiger partial charge in [-0.1, -0.05) is 20.3 Å². The molecule has 20 heavy (non-hydrogen) atoms. The Morgan fingerprint density at radius 3 is 2.40 bits per heavy atom. The lowest BCUT2D eigenvalue weighted by Gasteiger charge is -2.27. The summed E-state index contributed by atoms with van der Waals surface area (Å²) in [4.78, 5) is 12.6. The van der Waals surface area contributed by atoms with E-state index >= 15 is 0 Å². The van der Waals surface area contributed by atoms with E-state index in [9.17, 15) is 18.0 Å². The Bertz CT molecular complexity index is 457. The van der Waals surface area contributed by atoms with Crippen molar-refractivity contribution in [1.82, 2.24) is 0 Å². The lowest BCUT2D eigenvalue weighted by Crippen LogP contribution is -2.28. The van der Waals surface area contributed by atoms with E-state index < -0.39 is 11.7 Å². The second kappa shape index (κ2) is 6.77. The Morgan fingerprint density at radius 1 is 1.30 bits per heavy atom. The second-order valence-corrected chi connectivity index (χ2v) is 4.94. The van der Waals surface area contributed by atoms with Gasteiger partial charge in [-0.05, 0) is 31.0 Å². The highest BCUT2D eigenvalue weighted by atomic mass is 19.4. The topological polar surface area (TPSA) is 20.3 Å². The first-order valence-corrected chi connectivity index (χ1v) is 6.74. The highest BCUT2D eigenvalue weighted by Crippen LogP contribution is 2.34. The molecule has 1 aromatic rings. The van der Waals surface area contributed by atoms with Crippen LogP contribution in [0.1, 0.15) is 43.1 Å². The predicted octanol–water partition coefficient (Wildman–Crippen LogP) is 4.39. The molecule has 1 unspecified atom stereocenters. The molecular formula is C15H20F3NO. The molecule has 0 aliphatic rings. The molecule has 0 spiro atoms. The molecular weight excluding hydrogens is 267 g/mol. The third kappa shape index (κ3) is 3.99. The number of aldehydes is 1. The van der Waals surface area contributed by atoms with Gasteiger partial charge in [0.25, 0.3) is 0 Å². The minimum atomic E-state index is -4.51. The van der Waals surface area contributed by atoms with Gasteiger partial charge < -0.3 is 4.90 Å². The van der Waals surface area contributed by atoms with Crippen LogP contribution in [0.15, 0.2) is 18.2 Å². The van der Waals surface area contributed by atoms with Gasteiger partial charge in [0.1, 0.15) is 0 Å². The highest BCUT2D eigenvalue weighted by Gasteiger charge is 2.33. The molecule has 2 nitrogen and oxygen atoms in total. The van der Waals surface area contributed by atoms with E-state index in [-0.39, 0.29) is 11.8 Å². The number of carbonyl (C=O) groups excluding carboxylic acids is 1. The number of hydrogen-bond acceptors (Lipinski definition) is 2. The highest BCUT2D eigenvalue weighted by molar-refractivity contribution is 5.79. The zero-order valence-electron chi connectivity index (χ0n) is 12.0. The SMILES string of the molecule is CCC(C)CN(CC)c1ccc(C=O)c(C(F)(F)F)c1. The Kier molecular flexibility index (Phi) is 5.60. The van der Waals surface area contributed by atoms with Crippen LogP contribution < -0.4 is 4.90 Å². The first-order chi connectivity index (χ1) is 9.33. The van der Waals surface area contributed by atoms with Crippen LogP contribution in [0.4, 0.5) is 18.9 Å². The average molecular weight is 287 g/mol. The summed E-state index contributed by atoms with van der Waals surface area (Å²) >= 11 is 0. The van der Waals surface area contributed by atoms with Gasteiger partial charge in [0.2, 0.25) is 0 Å². The van der Waals surface area contributed by atoms with Gasteiger partial charge in [0.05, 0.1) is 5.56 Å². The standard InChI is InChI=1S/C15H20F3NO/c1-4-11(3)9-19(5-2)13-7-6-12(10-20)14(8-13)15(16,17)18/h6-8,10-11H,4-5,9H2,1-3H3. The van der Waals surface area contributed by atoms with Gasteiger partial charge in [-0.3, -0.25) is 4.79 Å². The number of carbonyl (C=O) groups is 1. The number of hydrogen-bond donors (Lipinski definition) is 0. The van der Waals surface area contributed by atoms with E-state index in [2.05, 4.69) is 13.8 Å². The first kappa shape index (κ1) is 16.5. The second-order valence-electron chi connectivity index (χ2n) is 4.94. The maximum atomic E-state index is 12.9. The van der Waals surface area contributed by atoms with Gasteiger partial charge in [0.15, 0.2) is 6.29 Å².